The third kappa shape index (κ3) is 10.4. The standard InChI is InChI=1S/C46H47N3O12S/c1-3-48(20-22-57-24-25-58-26-27-60-35-12-17-39-40(29-35)46(54)49(45(39)53)41-18-19-42(51)47-44(41)52)21-23-59-33-8-10-34(11-9-33)61-43-37(15-6-31-28-32(50)7-16-38(31)43)30-4-13-36(14-5-30)62(2,55)56/h4-17,28-29,41,50H,3,18-27H2,1-2H3,(H,47,51,52). The van der Waals surface area contributed by atoms with Gasteiger partial charge in [-0.15, -0.1) is 0 Å². The lowest BCUT2D eigenvalue weighted by molar-refractivity contribution is -0.136. The van der Waals surface area contributed by atoms with Crippen LogP contribution in [-0.4, -0.2) is 119 Å². The summed E-state index contributed by atoms with van der Waals surface area (Å²) in [5, 5.41) is 13.8. The predicted molar refractivity (Wildman–Crippen MR) is 229 cm³/mol. The molecule has 2 N–H and O–H groups in total. The van der Waals surface area contributed by atoms with Gasteiger partial charge in [-0.25, -0.2) is 8.42 Å². The number of carbonyl (C=O) groups excluding carboxylic acids is 4. The minimum absolute atomic E-state index is 0.0518. The lowest BCUT2D eigenvalue weighted by Crippen LogP contribution is -2.54. The number of ether oxygens (including phenoxy) is 5. The second-order valence-corrected chi connectivity index (χ2v) is 16.7. The summed E-state index contributed by atoms with van der Waals surface area (Å²) < 4.78 is 53.7. The molecule has 0 aliphatic carbocycles. The molecule has 324 valence electrons. The third-order valence-electron chi connectivity index (χ3n) is 10.5. The Kier molecular flexibility index (Phi) is 13.8. The quantitative estimate of drug-likeness (QED) is 0.0726. The smallest absolute Gasteiger partial charge is 0.262 e. The van der Waals surface area contributed by atoms with Crippen LogP contribution in [0.4, 0.5) is 0 Å². The van der Waals surface area contributed by atoms with Crippen LogP contribution in [0.25, 0.3) is 21.9 Å². The fourth-order valence-corrected chi connectivity index (χ4v) is 7.85. The van der Waals surface area contributed by atoms with Crippen LogP contribution >= 0.6 is 0 Å². The van der Waals surface area contributed by atoms with Crippen molar-refractivity contribution in [1.82, 2.24) is 15.1 Å². The number of carbonyl (C=O) groups is 4. The molecule has 1 saturated heterocycles. The molecule has 1 fully saturated rings. The monoisotopic (exact) mass is 865 g/mol. The van der Waals surface area contributed by atoms with Gasteiger partial charge in [0.05, 0.1) is 42.4 Å². The van der Waals surface area contributed by atoms with Crippen LogP contribution in [0.5, 0.6) is 28.7 Å². The molecule has 15 nitrogen and oxygen atoms in total. The first-order chi connectivity index (χ1) is 29.9. The van der Waals surface area contributed by atoms with E-state index in [1.165, 1.54) is 18.4 Å². The second kappa shape index (κ2) is 19.6. The Morgan fingerprint density at radius 2 is 1.35 bits per heavy atom. The van der Waals surface area contributed by atoms with Crippen LogP contribution in [0, 0.1) is 0 Å². The molecule has 16 heteroatoms. The number of rotatable bonds is 20. The Morgan fingerprint density at radius 1 is 0.710 bits per heavy atom. The number of phenolic OH excluding ortho intramolecular Hbond substituents is 1. The lowest BCUT2D eigenvalue weighted by atomic mass is 9.99. The Morgan fingerprint density at radius 3 is 2.08 bits per heavy atom. The largest absolute Gasteiger partial charge is 0.508 e. The topological polar surface area (TPSA) is 187 Å². The number of hydrogen-bond acceptors (Lipinski definition) is 13. The zero-order valence-electron chi connectivity index (χ0n) is 34.3. The Labute approximate surface area is 359 Å². The number of benzene rings is 5. The molecule has 1 atom stereocenters. The van der Waals surface area contributed by atoms with Gasteiger partial charge in [-0.2, -0.15) is 0 Å². The number of piperidine rings is 1. The van der Waals surface area contributed by atoms with Crippen molar-refractivity contribution in [3.05, 3.63) is 108 Å². The molecule has 62 heavy (non-hydrogen) atoms. The van der Waals surface area contributed by atoms with Gasteiger partial charge in [0.15, 0.2) is 9.84 Å². The van der Waals surface area contributed by atoms with Crippen LogP contribution in [-0.2, 0) is 28.9 Å². The van der Waals surface area contributed by atoms with Crippen molar-refractivity contribution in [2.45, 2.75) is 30.7 Å². The molecule has 0 radical (unpaired) electrons. The summed E-state index contributed by atoms with van der Waals surface area (Å²) in [7, 11) is -3.35. The van der Waals surface area contributed by atoms with Gasteiger partial charge >= 0.3 is 0 Å². The van der Waals surface area contributed by atoms with E-state index in [2.05, 4.69) is 17.1 Å². The number of phenols is 1. The fourth-order valence-electron chi connectivity index (χ4n) is 7.22. The Bertz CT molecular complexity index is 2560. The first-order valence-electron chi connectivity index (χ1n) is 20.2. The van der Waals surface area contributed by atoms with Gasteiger partial charge in [0.25, 0.3) is 11.8 Å². The summed E-state index contributed by atoms with van der Waals surface area (Å²) in [6.07, 6.45) is 1.31. The first-order valence-corrected chi connectivity index (χ1v) is 22.1. The number of imide groups is 2. The highest BCUT2D eigenvalue weighted by Gasteiger charge is 2.44. The fraction of sp³-hybridized carbons (Fsp3) is 0.304. The van der Waals surface area contributed by atoms with Crippen LogP contribution in [0.1, 0.15) is 40.5 Å². The summed E-state index contributed by atoms with van der Waals surface area (Å²) in [4.78, 5) is 53.1. The van der Waals surface area contributed by atoms with E-state index >= 15 is 0 Å². The van der Waals surface area contributed by atoms with Gasteiger partial charge in [-0.3, -0.25) is 34.3 Å². The van der Waals surface area contributed by atoms with Crippen molar-refractivity contribution in [2.75, 3.05) is 65.5 Å². The first kappa shape index (κ1) is 43.7. The van der Waals surface area contributed by atoms with E-state index in [-0.39, 0.29) is 47.8 Å². The number of hydrogen-bond donors (Lipinski definition) is 2. The van der Waals surface area contributed by atoms with Gasteiger partial charge in [0, 0.05) is 36.7 Å². The molecule has 4 amide bonds. The molecule has 2 heterocycles. The van der Waals surface area contributed by atoms with Gasteiger partial charge in [0.2, 0.25) is 11.8 Å². The Balaban J connectivity index is 0.804. The molecule has 1 unspecified atom stereocenters. The number of likely N-dealkylation sites (N-methyl/N-ethyl adjacent to an activating group) is 1. The zero-order valence-corrected chi connectivity index (χ0v) is 35.2. The number of aromatic hydroxyl groups is 1. The number of amides is 4. The predicted octanol–water partition coefficient (Wildman–Crippen LogP) is 5.62. The molecule has 0 bridgehead atoms. The molecular formula is C46H47N3O12S. The number of nitrogens with zero attached hydrogens (tertiary/aromatic N) is 2. The zero-order chi connectivity index (χ0) is 43.8. The van der Waals surface area contributed by atoms with E-state index in [0.717, 1.165) is 33.3 Å². The molecule has 0 saturated carbocycles. The van der Waals surface area contributed by atoms with E-state index in [1.807, 2.05) is 36.4 Å². The van der Waals surface area contributed by atoms with Crippen molar-refractivity contribution < 1.29 is 56.4 Å². The molecular weight excluding hydrogens is 819 g/mol. The van der Waals surface area contributed by atoms with Crippen molar-refractivity contribution in [1.29, 1.82) is 0 Å². The average Bonchev–Trinajstić information content (AvgIpc) is 3.50. The normalized spacial score (nSPS) is 15.3. The van der Waals surface area contributed by atoms with Crippen LogP contribution in [0.2, 0.25) is 0 Å². The molecule has 5 aromatic rings. The summed E-state index contributed by atoms with van der Waals surface area (Å²) in [6, 6.07) is 26.3. The minimum atomic E-state index is -3.35. The summed E-state index contributed by atoms with van der Waals surface area (Å²) in [5.41, 5.74) is 1.88. The number of fused-ring (bicyclic) bond motifs is 2. The third-order valence-corrected chi connectivity index (χ3v) is 11.7. The van der Waals surface area contributed by atoms with Crippen molar-refractivity contribution >= 4 is 44.2 Å². The van der Waals surface area contributed by atoms with Crippen molar-refractivity contribution in [3.63, 3.8) is 0 Å². The highest BCUT2D eigenvalue weighted by molar-refractivity contribution is 7.90. The van der Waals surface area contributed by atoms with E-state index in [0.29, 0.717) is 62.5 Å². The molecule has 2 aliphatic heterocycles. The molecule has 0 aromatic heterocycles. The van der Waals surface area contributed by atoms with Gasteiger partial charge in [-0.1, -0.05) is 25.1 Å². The van der Waals surface area contributed by atoms with Gasteiger partial charge < -0.3 is 28.8 Å². The summed E-state index contributed by atoms with van der Waals surface area (Å²) >= 11 is 0. The lowest BCUT2D eigenvalue weighted by Gasteiger charge is -2.27. The summed E-state index contributed by atoms with van der Waals surface area (Å²) in [6.45, 7) is 6.49. The van der Waals surface area contributed by atoms with Crippen molar-refractivity contribution in [3.8, 4) is 39.9 Å². The van der Waals surface area contributed by atoms with Crippen LogP contribution in [0.3, 0.4) is 0 Å². The Hall–Kier alpha value is -6.33. The van der Waals surface area contributed by atoms with E-state index in [4.69, 9.17) is 23.7 Å². The van der Waals surface area contributed by atoms with E-state index in [9.17, 15) is 32.7 Å². The molecule has 2 aliphatic rings. The summed E-state index contributed by atoms with van der Waals surface area (Å²) in [5.74, 6) is 0.0947. The maximum absolute atomic E-state index is 13.0. The second-order valence-electron chi connectivity index (χ2n) is 14.7. The van der Waals surface area contributed by atoms with Crippen LogP contribution < -0.4 is 19.5 Å². The van der Waals surface area contributed by atoms with Crippen LogP contribution in [0.15, 0.2) is 102 Å². The molecule has 0 spiro atoms. The van der Waals surface area contributed by atoms with Crippen molar-refractivity contribution in [2.24, 2.45) is 0 Å². The number of sulfone groups is 1. The number of nitrogens with one attached hydrogen (secondary N) is 1. The van der Waals surface area contributed by atoms with E-state index < -0.39 is 39.5 Å². The molecule has 7 rings (SSSR count). The van der Waals surface area contributed by atoms with Gasteiger partial charge in [0.1, 0.15) is 48.0 Å². The van der Waals surface area contributed by atoms with E-state index in [1.54, 1.807) is 48.5 Å². The maximum Gasteiger partial charge on any atom is 0.262 e. The van der Waals surface area contributed by atoms with Gasteiger partial charge in [-0.05, 0) is 103 Å². The average molecular weight is 866 g/mol. The molecule has 5 aromatic carbocycles. The SMILES string of the molecule is CCN(CCOCCOCCOc1ccc2c(c1)C(=O)N(C1CCC(=O)NC1=O)C2=O)CCOc1ccc(Oc2c(-c3ccc(S(C)(=O)=O)cc3)ccc3cc(O)ccc23)cc1. The minimum Gasteiger partial charge on any atom is -0.508 e. The maximum atomic E-state index is 13.0. The highest BCUT2D eigenvalue weighted by Crippen LogP contribution is 2.41. The highest BCUT2D eigenvalue weighted by atomic mass is 32.2.